The molecule has 6 nitrogen and oxygen atoms in total. The van der Waals surface area contributed by atoms with Gasteiger partial charge in [-0.1, -0.05) is 47.6 Å². The highest BCUT2D eigenvalue weighted by molar-refractivity contribution is 7.91. The Morgan fingerprint density at radius 2 is 1.86 bits per heavy atom. The zero-order valence-corrected chi connectivity index (χ0v) is 11.9. The Morgan fingerprint density at radius 1 is 1.14 bits per heavy atom. The quantitative estimate of drug-likeness (QED) is 0.338. The maximum absolute atomic E-state index is 12.1. The van der Waals surface area contributed by atoms with Crippen LogP contribution in [0.1, 0.15) is 11.1 Å². The summed E-state index contributed by atoms with van der Waals surface area (Å²) in [6.45, 7) is 0. The Morgan fingerprint density at radius 3 is 2.52 bits per heavy atom. The lowest BCUT2D eigenvalue weighted by Gasteiger charge is -2.09. The molecule has 0 amide bonds. The molecule has 0 radical (unpaired) electrons. The van der Waals surface area contributed by atoms with E-state index in [1.165, 1.54) is 6.07 Å². The molecule has 0 saturated carbocycles. The molecule has 0 bridgehead atoms. The number of benzene rings is 2. The van der Waals surface area contributed by atoms with Crippen LogP contribution in [-0.4, -0.2) is 19.5 Å². The lowest BCUT2D eigenvalue weighted by molar-refractivity contribution is 0.318. The average molecular weight is 305 g/mol. The summed E-state index contributed by atoms with van der Waals surface area (Å²) in [5.74, 6) is -0.208. The summed E-state index contributed by atoms with van der Waals surface area (Å²) >= 11 is 0. The number of nitrogens with one attached hydrogen (secondary N) is 1. The molecule has 21 heavy (non-hydrogen) atoms. The number of sulfonamides is 1. The average Bonchev–Trinajstić information content (AvgIpc) is 2.46. The van der Waals surface area contributed by atoms with Gasteiger partial charge in [0, 0.05) is 11.3 Å². The maximum Gasteiger partial charge on any atom is 0.236 e. The van der Waals surface area contributed by atoms with Crippen LogP contribution in [0.5, 0.6) is 0 Å². The normalized spacial score (nSPS) is 12.1. The van der Waals surface area contributed by atoms with Crippen molar-refractivity contribution >= 4 is 21.5 Å². The Bertz CT molecular complexity index is 743. The third kappa shape index (κ3) is 4.22. The summed E-state index contributed by atoms with van der Waals surface area (Å²) in [6, 6.07) is 15.2. The van der Waals surface area contributed by atoms with Crippen LogP contribution in [-0.2, 0) is 15.8 Å². The third-order valence-corrected chi connectivity index (χ3v) is 4.00. The summed E-state index contributed by atoms with van der Waals surface area (Å²) < 4.78 is 26.7. The molecule has 110 valence electrons. The van der Waals surface area contributed by atoms with E-state index in [-0.39, 0.29) is 11.6 Å². The molecule has 0 heterocycles. The summed E-state index contributed by atoms with van der Waals surface area (Å²) in [7, 11) is -3.53. The molecule has 0 atom stereocenters. The zero-order chi connectivity index (χ0) is 15.3. The molecule has 7 heteroatoms. The highest BCUT2D eigenvalue weighted by Gasteiger charge is 2.12. The second kappa shape index (κ2) is 6.27. The van der Waals surface area contributed by atoms with Crippen LogP contribution in [0.3, 0.4) is 0 Å². The fourth-order valence-corrected chi connectivity index (χ4v) is 3.00. The SMILES string of the molecule is N/C(=N/O)c1cccc(NS(=O)(=O)Cc2ccccc2)c1. The first-order valence-electron chi connectivity index (χ1n) is 6.12. The molecule has 0 aromatic heterocycles. The molecule has 0 aliphatic heterocycles. The van der Waals surface area contributed by atoms with Crippen molar-refractivity contribution in [2.75, 3.05) is 4.72 Å². The highest BCUT2D eigenvalue weighted by Crippen LogP contribution is 2.14. The number of nitrogens with two attached hydrogens (primary N) is 1. The molecule has 0 unspecified atom stereocenters. The first-order valence-corrected chi connectivity index (χ1v) is 7.78. The van der Waals surface area contributed by atoms with Gasteiger partial charge in [0.1, 0.15) is 0 Å². The Balaban J connectivity index is 2.17. The lowest BCUT2D eigenvalue weighted by atomic mass is 10.2. The Hall–Kier alpha value is -2.54. The van der Waals surface area contributed by atoms with Crippen LogP contribution in [0.4, 0.5) is 5.69 Å². The van der Waals surface area contributed by atoms with E-state index in [9.17, 15) is 8.42 Å². The summed E-state index contributed by atoms with van der Waals surface area (Å²) in [4.78, 5) is 0. The predicted octanol–water partition coefficient (Wildman–Crippen LogP) is 1.72. The van der Waals surface area contributed by atoms with E-state index in [1.807, 2.05) is 6.07 Å². The number of amidine groups is 1. The van der Waals surface area contributed by atoms with Crippen LogP contribution >= 0.6 is 0 Å². The number of rotatable bonds is 5. The number of oxime groups is 1. The minimum Gasteiger partial charge on any atom is -0.409 e. The van der Waals surface area contributed by atoms with E-state index in [1.54, 1.807) is 42.5 Å². The van der Waals surface area contributed by atoms with Gasteiger partial charge < -0.3 is 10.9 Å². The van der Waals surface area contributed by atoms with Gasteiger partial charge in [-0.25, -0.2) is 8.42 Å². The molecule has 2 rings (SSSR count). The summed E-state index contributed by atoms with van der Waals surface area (Å²) in [6.07, 6.45) is 0. The van der Waals surface area contributed by atoms with Crippen molar-refractivity contribution in [3.63, 3.8) is 0 Å². The molecule has 4 N–H and O–H groups in total. The third-order valence-electron chi connectivity index (χ3n) is 2.74. The van der Waals surface area contributed by atoms with Crippen molar-refractivity contribution < 1.29 is 13.6 Å². The van der Waals surface area contributed by atoms with Gasteiger partial charge in [0.05, 0.1) is 5.75 Å². The van der Waals surface area contributed by atoms with Gasteiger partial charge >= 0.3 is 0 Å². The summed E-state index contributed by atoms with van der Waals surface area (Å²) in [5.41, 5.74) is 6.95. The zero-order valence-electron chi connectivity index (χ0n) is 11.1. The van der Waals surface area contributed by atoms with Crippen molar-refractivity contribution in [1.29, 1.82) is 0 Å². The van der Waals surface area contributed by atoms with E-state index in [0.717, 1.165) is 0 Å². The largest absolute Gasteiger partial charge is 0.409 e. The second-order valence-electron chi connectivity index (χ2n) is 4.41. The minimum absolute atomic E-state index is 0.0842. The van der Waals surface area contributed by atoms with E-state index in [0.29, 0.717) is 16.8 Å². The predicted molar refractivity (Wildman–Crippen MR) is 81.6 cm³/mol. The maximum atomic E-state index is 12.1. The fraction of sp³-hybridized carbons (Fsp3) is 0.0714. The molecule has 0 aliphatic rings. The Labute approximate surface area is 123 Å². The van der Waals surface area contributed by atoms with Crippen LogP contribution in [0, 0.1) is 0 Å². The summed E-state index contributed by atoms with van der Waals surface area (Å²) in [5, 5.41) is 11.5. The molecule has 0 fully saturated rings. The Kier molecular flexibility index (Phi) is 4.44. The van der Waals surface area contributed by atoms with Crippen LogP contribution in [0.15, 0.2) is 59.8 Å². The lowest BCUT2D eigenvalue weighted by Crippen LogP contribution is -2.17. The molecular weight excluding hydrogens is 290 g/mol. The monoisotopic (exact) mass is 305 g/mol. The first-order chi connectivity index (χ1) is 10.00. The van der Waals surface area contributed by atoms with Gasteiger partial charge in [-0.2, -0.15) is 0 Å². The minimum atomic E-state index is -3.53. The van der Waals surface area contributed by atoms with Crippen LogP contribution < -0.4 is 10.5 Å². The van der Waals surface area contributed by atoms with Crippen LogP contribution in [0.25, 0.3) is 0 Å². The van der Waals surface area contributed by atoms with Crippen molar-refractivity contribution in [3.8, 4) is 0 Å². The van der Waals surface area contributed by atoms with Crippen LogP contribution in [0.2, 0.25) is 0 Å². The van der Waals surface area contributed by atoms with Gasteiger partial charge in [-0.05, 0) is 17.7 Å². The molecule has 0 aliphatic carbocycles. The fourth-order valence-electron chi connectivity index (χ4n) is 1.81. The first kappa shape index (κ1) is 14.9. The van der Waals surface area contributed by atoms with Crippen molar-refractivity contribution in [1.82, 2.24) is 0 Å². The standard InChI is InChI=1S/C14H15N3O3S/c15-14(16-18)12-7-4-8-13(9-12)17-21(19,20)10-11-5-2-1-3-6-11/h1-9,17-18H,10H2,(H2,15,16). The van der Waals surface area contributed by atoms with Gasteiger partial charge in [0.2, 0.25) is 10.0 Å². The van der Waals surface area contributed by atoms with E-state index >= 15 is 0 Å². The van der Waals surface area contributed by atoms with Crippen molar-refractivity contribution in [2.45, 2.75) is 5.75 Å². The molecule has 2 aromatic rings. The molecule has 2 aromatic carbocycles. The topological polar surface area (TPSA) is 105 Å². The number of hydrogen-bond acceptors (Lipinski definition) is 4. The number of anilines is 1. The van der Waals surface area contributed by atoms with E-state index < -0.39 is 10.0 Å². The van der Waals surface area contributed by atoms with E-state index in [2.05, 4.69) is 9.88 Å². The number of hydrogen-bond donors (Lipinski definition) is 3. The molecule has 0 saturated heterocycles. The smallest absolute Gasteiger partial charge is 0.236 e. The van der Waals surface area contributed by atoms with Crippen molar-refractivity contribution in [2.24, 2.45) is 10.9 Å². The van der Waals surface area contributed by atoms with Crippen molar-refractivity contribution in [3.05, 3.63) is 65.7 Å². The number of nitrogens with zero attached hydrogens (tertiary/aromatic N) is 1. The highest BCUT2D eigenvalue weighted by atomic mass is 32.2. The van der Waals surface area contributed by atoms with Gasteiger partial charge in [-0.15, -0.1) is 0 Å². The van der Waals surface area contributed by atoms with Gasteiger partial charge in [0.15, 0.2) is 5.84 Å². The van der Waals surface area contributed by atoms with Gasteiger partial charge in [-0.3, -0.25) is 4.72 Å². The second-order valence-corrected chi connectivity index (χ2v) is 6.14. The molecular formula is C14H15N3O3S. The van der Waals surface area contributed by atoms with Gasteiger partial charge in [0.25, 0.3) is 0 Å². The van der Waals surface area contributed by atoms with E-state index in [4.69, 9.17) is 10.9 Å². The molecule has 0 spiro atoms.